The number of carbonyl (C=O) groups is 2. The second-order valence-electron chi connectivity index (χ2n) is 7.14. The first-order chi connectivity index (χ1) is 11.5. The largest absolute Gasteiger partial charge is 0.465 e. The van der Waals surface area contributed by atoms with E-state index < -0.39 is 0 Å². The van der Waals surface area contributed by atoms with Gasteiger partial charge in [-0.1, -0.05) is 52.9 Å². The summed E-state index contributed by atoms with van der Waals surface area (Å²) in [5.74, 6) is 0.0367. The Balaban J connectivity index is 3.52. The minimum atomic E-state index is -0.173. The van der Waals surface area contributed by atoms with Gasteiger partial charge in [0, 0.05) is 12.8 Å². The summed E-state index contributed by atoms with van der Waals surface area (Å²) in [6.07, 6.45) is 10.6. The quantitative estimate of drug-likeness (QED) is 0.294. The fraction of sp³-hybridized carbons (Fsp3) is 0.900. The van der Waals surface area contributed by atoms with E-state index in [0.29, 0.717) is 38.2 Å². The van der Waals surface area contributed by atoms with Crippen molar-refractivity contribution in [3.05, 3.63) is 0 Å². The average molecular weight is 343 g/mol. The summed E-state index contributed by atoms with van der Waals surface area (Å²) in [5.41, 5.74) is 0. The molecular weight excluding hydrogens is 304 g/mol. The number of unbranched alkanes of at least 4 members (excludes halogenated alkanes) is 6. The Hall–Kier alpha value is -1.06. The molecule has 1 unspecified atom stereocenters. The Morgan fingerprint density at radius 3 is 2.00 bits per heavy atom. The van der Waals surface area contributed by atoms with Gasteiger partial charge in [0.1, 0.15) is 0 Å². The van der Waals surface area contributed by atoms with Crippen molar-refractivity contribution in [2.75, 3.05) is 6.61 Å². The van der Waals surface area contributed by atoms with Crippen LogP contribution in [-0.4, -0.2) is 24.6 Å². The molecule has 0 aromatic carbocycles. The number of esters is 2. The zero-order valence-corrected chi connectivity index (χ0v) is 16.3. The summed E-state index contributed by atoms with van der Waals surface area (Å²) in [5, 5.41) is 0. The van der Waals surface area contributed by atoms with Crippen molar-refractivity contribution >= 4 is 11.9 Å². The van der Waals surface area contributed by atoms with E-state index in [-0.39, 0.29) is 18.0 Å². The second-order valence-corrected chi connectivity index (χ2v) is 7.14. The van der Waals surface area contributed by atoms with Gasteiger partial charge in [0.05, 0.1) is 12.7 Å². The second kappa shape index (κ2) is 15.5. The van der Waals surface area contributed by atoms with Gasteiger partial charge in [-0.2, -0.15) is 0 Å². The van der Waals surface area contributed by atoms with E-state index in [1.54, 1.807) is 0 Å². The summed E-state index contributed by atoms with van der Waals surface area (Å²) in [7, 11) is 0. The molecule has 0 fully saturated rings. The van der Waals surface area contributed by atoms with Crippen LogP contribution in [0.2, 0.25) is 0 Å². The van der Waals surface area contributed by atoms with E-state index in [0.717, 1.165) is 12.8 Å². The summed E-state index contributed by atoms with van der Waals surface area (Å²) in [6, 6.07) is 0. The van der Waals surface area contributed by atoms with Crippen LogP contribution < -0.4 is 0 Å². The van der Waals surface area contributed by atoms with Gasteiger partial charge >= 0.3 is 11.9 Å². The lowest BCUT2D eigenvalue weighted by atomic mass is 10.1. The van der Waals surface area contributed by atoms with Crippen LogP contribution in [0.1, 0.15) is 98.3 Å². The maximum atomic E-state index is 11.7. The molecule has 0 aromatic heterocycles. The Kier molecular flexibility index (Phi) is 14.8. The summed E-state index contributed by atoms with van der Waals surface area (Å²) in [6.45, 7) is 8.67. The van der Waals surface area contributed by atoms with Crippen LogP contribution in [0.4, 0.5) is 0 Å². The number of rotatable bonds is 15. The van der Waals surface area contributed by atoms with Crippen molar-refractivity contribution < 1.29 is 19.1 Å². The maximum Gasteiger partial charge on any atom is 0.306 e. The zero-order chi connectivity index (χ0) is 18.2. The van der Waals surface area contributed by atoms with Crippen molar-refractivity contribution in [1.82, 2.24) is 0 Å². The van der Waals surface area contributed by atoms with Gasteiger partial charge in [0.25, 0.3) is 0 Å². The van der Waals surface area contributed by atoms with Crippen molar-refractivity contribution in [3.8, 4) is 0 Å². The normalized spacial score (nSPS) is 12.2. The van der Waals surface area contributed by atoms with E-state index in [1.165, 1.54) is 32.1 Å². The first-order valence-electron chi connectivity index (χ1n) is 9.80. The number of carbonyl (C=O) groups excluding carboxylic acids is 2. The van der Waals surface area contributed by atoms with E-state index in [4.69, 9.17) is 9.47 Å². The lowest BCUT2D eigenvalue weighted by Crippen LogP contribution is -2.15. The predicted molar refractivity (Wildman–Crippen MR) is 97.8 cm³/mol. The Bertz CT molecular complexity index is 326. The van der Waals surface area contributed by atoms with Gasteiger partial charge in [-0.25, -0.2) is 0 Å². The summed E-state index contributed by atoms with van der Waals surface area (Å²) < 4.78 is 10.5. The summed E-state index contributed by atoms with van der Waals surface area (Å²) >= 11 is 0. The fourth-order valence-electron chi connectivity index (χ4n) is 2.42. The van der Waals surface area contributed by atoms with Gasteiger partial charge in [0.2, 0.25) is 0 Å². The zero-order valence-electron chi connectivity index (χ0n) is 16.3. The van der Waals surface area contributed by atoms with Gasteiger partial charge in [-0.15, -0.1) is 0 Å². The van der Waals surface area contributed by atoms with Crippen molar-refractivity contribution in [1.29, 1.82) is 0 Å². The van der Waals surface area contributed by atoms with Gasteiger partial charge < -0.3 is 9.47 Å². The number of hydrogen-bond acceptors (Lipinski definition) is 4. The topological polar surface area (TPSA) is 52.6 Å². The van der Waals surface area contributed by atoms with Crippen molar-refractivity contribution in [2.45, 2.75) is 104 Å². The smallest absolute Gasteiger partial charge is 0.306 e. The van der Waals surface area contributed by atoms with E-state index in [1.807, 2.05) is 20.8 Å². The molecule has 0 rings (SSSR count). The number of hydrogen-bond donors (Lipinski definition) is 0. The first kappa shape index (κ1) is 22.9. The van der Waals surface area contributed by atoms with Gasteiger partial charge in [-0.3, -0.25) is 9.59 Å². The minimum absolute atomic E-state index is 0.000294. The van der Waals surface area contributed by atoms with Crippen molar-refractivity contribution in [3.63, 3.8) is 0 Å². The molecule has 0 aliphatic heterocycles. The van der Waals surface area contributed by atoms with Crippen LogP contribution in [0.5, 0.6) is 0 Å². The monoisotopic (exact) mass is 342 g/mol. The molecule has 1 atom stereocenters. The highest BCUT2D eigenvalue weighted by Gasteiger charge is 2.10. The van der Waals surface area contributed by atoms with Crippen LogP contribution in [-0.2, 0) is 19.1 Å². The Labute approximate surface area is 148 Å². The Morgan fingerprint density at radius 2 is 1.38 bits per heavy atom. The molecule has 0 saturated heterocycles. The highest BCUT2D eigenvalue weighted by Crippen LogP contribution is 2.11. The standard InChI is InChI=1S/C20H38O4/c1-5-6-7-8-9-10-13-18(4)24-20(22)15-12-11-14-19(21)23-16-17(2)3/h17-18H,5-16H2,1-4H3. The van der Waals surface area contributed by atoms with Crippen LogP contribution >= 0.6 is 0 Å². The molecule has 0 bridgehead atoms. The predicted octanol–water partition coefficient (Wildman–Crippen LogP) is 5.43. The molecular formula is C20H38O4. The molecule has 0 aliphatic rings. The molecule has 0 saturated carbocycles. The highest BCUT2D eigenvalue weighted by molar-refractivity contribution is 5.70. The molecule has 4 nitrogen and oxygen atoms in total. The maximum absolute atomic E-state index is 11.7. The average Bonchev–Trinajstić information content (AvgIpc) is 2.52. The molecule has 0 aromatic rings. The van der Waals surface area contributed by atoms with Gasteiger partial charge in [-0.05, 0) is 38.5 Å². The molecule has 0 aliphatic carbocycles. The highest BCUT2D eigenvalue weighted by atomic mass is 16.5. The third-order valence-corrected chi connectivity index (χ3v) is 3.89. The molecule has 24 heavy (non-hydrogen) atoms. The van der Waals surface area contributed by atoms with Crippen LogP contribution in [0, 0.1) is 5.92 Å². The van der Waals surface area contributed by atoms with Gasteiger partial charge in [0.15, 0.2) is 0 Å². The van der Waals surface area contributed by atoms with Crippen LogP contribution in [0.3, 0.4) is 0 Å². The van der Waals surface area contributed by atoms with E-state index in [2.05, 4.69) is 6.92 Å². The summed E-state index contributed by atoms with van der Waals surface area (Å²) in [4.78, 5) is 23.2. The molecule has 142 valence electrons. The molecule has 0 spiro atoms. The molecule has 0 radical (unpaired) electrons. The first-order valence-corrected chi connectivity index (χ1v) is 9.80. The van der Waals surface area contributed by atoms with Crippen molar-refractivity contribution in [2.24, 2.45) is 5.92 Å². The molecule has 0 heterocycles. The molecule has 4 heteroatoms. The number of ether oxygens (including phenoxy) is 2. The fourth-order valence-corrected chi connectivity index (χ4v) is 2.42. The molecule has 0 N–H and O–H groups in total. The van der Waals surface area contributed by atoms with E-state index >= 15 is 0 Å². The third-order valence-electron chi connectivity index (χ3n) is 3.89. The Morgan fingerprint density at radius 1 is 0.792 bits per heavy atom. The lowest BCUT2D eigenvalue weighted by Gasteiger charge is -2.13. The SMILES string of the molecule is CCCCCCCCC(C)OC(=O)CCCCC(=O)OCC(C)C. The van der Waals surface area contributed by atoms with Crippen LogP contribution in [0.25, 0.3) is 0 Å². The third kappa shape index (κ3) is 15.8. The lowest BCUT2D eigenvalue weighted by molar-refractivity contribution is -0.149. The van der Waals surface area contributed by atoms with Crippen LogP contribution in [0.15, 0.2) is 0 Å². The van der Waals surface area contributed by atoms with E-state index in [9.17, 15) is 9.59 Å². The molecule has 0 amide bonds. The minimum Gasteiger partial charge on any atom is -0.465 e.